The lowest BCUT2D eigenvalue weighted by Crippen LogP contribution is -2.45. The smallest absolute Gasteiger partial charge is 0.305 e. The van der Waals surface area contributed by atoms with Gasteiger partial charge in [-0.25, -0.2) is 0 Å². The minimum Gasteiger partial charge on any atom is -0.466 e. The van der Waals surface area contributed by atoms with E-state index >= 15 is 0 Å². The van der Waals surface area contributed by atoms with Gasteiger partial charge in [0.05, 0.1) is 25.4 Å². The van der Waals surface area contributed by atoms with Crippen LogP contribution in [0.2, 0.25) is 0 Å². The summed E-state index contributed by atoms with van der Waals surface area (Å²) in [5, 5.41) is 23.4. The third-order valence-electron chi connectivity index (χ3n) is 16.7. The Labute approximate surface area is 470 Å². The number of carbonyl (C=O) groups is 2. The van der Waals surface area contributed by atoms with Crippen LogP contribution in [0.4, 0.5) is 0 Å². The van der Waals surface area contributed by atoms with Crippen LogP contribution in [0, 0.1) is 0 Å². The fraction of sp³-hybridized carbons (Fsp3) is 0.971. The Morgan fingerprint density at radius 3 is 0.813 bits per heavy atom. The molecule has 75 heavy (non-hydrogen) atoms. The molecule has 2 atom stereocenters. The van der Waals surface area contributed by atoms with E-state index in [9.17, 15) is 19.8 Å². The Kier molecular flexibility index (Phi) is 64.4. The molecule has 0 aliphatic carbocycles. The lowest BCUT2D eigenvalue weighted by Gasteiger charge is -2.22. The predicted molar refractivity (Wildman–Crippen MR) is 329 cm³/mol. The summed E-state index contributed by atoms with van der Waals surface area (Å²) < 4.78 is 5.49. The molecule has 0 heterocycles. The maximum absolute atomic E-state index is 12.5. The van der Waals surface area contributed by atoms with Gasteiger partial charge in [0.2, 0.25) is 5.91 Å². The van der Waals surface area contributed by atoms with Crippen molar-refractivity contribution in [2.45, 2.75) is 418 Å². The summed E-state index contributed by atoms with van der Waals surface area (Å²) in [5.74, 6) is -0.00825. The molecule has 0 aromatic carbocycles. The van der Waals surface area contributed by atoms with Crippen molar-refractivity contribution in [3.63, 3.8) is 0 Å². The summed E-state index contributed by atoms with van der Waals surface area (Å²) >= 11 is 0. The lowest BCUT2D eigenvalue weighted by molar-refractivity contribution is -0.143. The van der Waals surface area contributed by atoms with Gasteiger partial charge in [-0.1, -0.05) is 367 Å². The quantitative estimate of drug-likeness (QED) is 0.0417. The third-order valence-corrected chi connectivity index (χ3v) is 16.7. The third kappa shape index (κ3) is 61.9. The number of rotatable bonds is 66. The van der Waals surface area contributed by atoms with Crippen LogP contribution in [0.15, 0.2) is 0 Å². The lowest BCUT2D eigenvalue weighted by atomic mass is 10.0. The number of unbranched alkanes of at least 4 members (excludes halogenated alkanes) is 55. The summed E-state index contributed by atoms with van der Waals surface area (Å²) in [6, 6.07) is -0.539. The molecule has 0 saturated carbocycles. The van der Waals surface area contributed by atoms with Crippen LogP contribution in [-0.4, -0.2) is 47.4 Å². The molecule has 0 saturated heterocycles. The molecule has 6 nitrogen and oxygen atoms in total. The number of carbonyl (C=O) groups excluding carboxylic acids is 2. The number of esters is 1. The van der Waals surface area contributed by atoms with Crippen LogP contribution < -0.4 is 5.32 Å². The molecule has 0 rings (SSSR count). The zero-order valence-corrected chi connectivity index (χ0v) is 51.3. The van der Waals surface area contributed by atoms with Crippen molar-refractivity contribution >= 4 is 11.9 Å². The SMILES string of the molecule is CCCCCCCCCCCCCCCCCCCCCC(O)C(CO)NC(=O)CCCCCCCCCCCCCCCCCCCCCCCCCCCOC(=O)CCCCCCCCCCCCCCCC. The van der Waals surface area contributed by atoms with Crippen molar-refractivity contribution < 1.29 is 24.5 Å². The van der Waals surface area contributed by atoms with E-state index in [-0.39, 0.29) is 18.5 Å². The minimum absolute atomic E-state index is 0.0200. The van der Waals surface area contributed by atoms with Crippen LogP contribution in [0.25, 0.3) is 0 Å². The first-order chi connectivity index (χ1) is 37.0. The Bertz CT molecular complexity index is 1080. The molecule has 0 aromatic rings. The van der Waals surface area contributed by atoms with Crippen molar-refractivity contribution in [2.75, 3.05) is 13.2 Å². The van der Waals surface area contributed by atoms with E-state index in [4.69, 9.17) is 4.74 Å². The van der Waals surface area contributed by atoms with Crippen LogP contribution in [-0.2, 0) is 14.3 Å². The van der Waals surface area contributed by atoms with Crippen LogP contribution in [0.3, 0.4) is 0 Å². The first kappa shape index (κ1) is 73.9. The Balaban J connectivity index is 3.35. The van der Waals surface area contributed by atoms with Crippen molar-refractivity contribution in [2.24, 2.45) is 0 Å². The number of amides is 1. The molecule has 0 spiro atoms. The Morgan fingerprint density at radius 2 is 0.547 bits per heavy atom. The van der Waals surface area contributed by atoms with Gasteiger partial charge in [0.25, 0.3) is 0 Å². The largest absolute Gasteiger partial charge is 0.466 e. The van der Waals surface area contributed by atoms with Gasteiger partial charge < -0.3 is 20.3 Å². The molecule has 1 amide bonds. The van der Waals surface area contributed by atoms with Gasteiger partial charge in [0, 0.05) is 12.8 Å². The molecule has 0 aliphatic heterocycles. The van der Waals surface area contributed by atoms with Crippen molar-refractivity contribution in [3.05, 3.63) is 0 Å². The summed E-state index contributed by atoms with van der Waals surface area (Å²) in [5.41, 5.74) is 0. The zero-order valence-electron chi connectivity index (χ0n) is 51.3. The summed E-state index contributed by atoms with van der Waals surface area (Å²) in [6.07, 6.45) is 78.6. The van der Waals surface area contributed by atoms with Crippen LogP contribution in [0.1, 0.15) is 406 Å². The monoisotopic (exact) mass is 1060 g/mol. The second kappa shape index (κ2) is 65.4. The average Bonchev–Trinajstić information content (AvgIpc) is 3.41. The minimum atomic E-state index is -0.663. The number of hydrogen-bond donors (Lipinski definition) is 3. The maximum atomic E-state index is 12.5. The highest BCUT2D eigenvalue weighted by atomic mass is 16.5. The van der Waals surface area contributed by atoms with E-state index in [0.717, 1.165) is 38.5 Å². The number of nitrogens with one attached hydrogen (secondary N) is 1. The molecule has 448 valence electrons. The van der Waals surface area contributed by atoms with Gasteiger partial charge in [0.1, 0.15) is 0 Å². The number of aliphatic hydroxyl groups is 2. The summed E-state index contributed by atoms with van der Waals surface area (Å²) in [6.45, 7) is 5.00. The molecule has 0 bridgehead atoms. The van der Waals surface area contributed by atoms with E-state index in [1.807, 2.05) is 0 Å². The molecular weight excluding hydrogens is 923 g/mol. The first-order valence-corrected chi connectivity index (χ1v) is 34.8. The molecule has 0 aliphatic rings. The molecule has 0 radical (unpaired) electrons. The van der Waals surface area contributed by atoms with Gasteiger partial charge >= 0.3 is 5.97 Å². The van der Waals surface area contributed by atoms with Gasteiger partial charge in [0.15, 0.2) is 0 Å². The van der Waals surface area contributed by atoms with Crippen LogP contribution in [0.5, 0.6) is 0 Å². The average molecular weight is 1060 g/mol. The topological polar surface area (TPSA) is 95.9 Å². The highest BCUT2D eigenvalue weighted by Crippen LogP contribution is 2.19. The highest BCUT2D eigenvalue weighted by Gasteiger charge is 2.20. The molecule has 3 N–H and O–H groups in total. The Morgan fingerprint density at radius 1 is 0.320 bits per heavy atom. The van der Waals surface area contributed by atoms with E-state index in [2.05, 4.69) is 19.2 Å². The Hall–Kier alpha value is -1.14. The van der Waals surface area contributed by atoms with E-state index in [0.29, 0.717) is 25.9 Å². The van der Waals surface area contributed by atoms with Crippen molar-refractivity contribution in [1.29, 1.82) is 0 Å². The molecule has 0 fully saturated rings. The van der Waals surface area contributed by atoms with E-state index < -0.39 is 12.1 Å². The fourth-order valence-electron chi connectivity index (χ4n) is 11.4. The summed E-state index contributed by atoms with van der Waals surface area (Å²) in [7, 11) is 0. The van der Waals surface area contributed by atoms with Gasteiger partial charge in [-0.05, 0) is 25.7 Å². The van der Waals surface area contributed by atoms with Gasteiger partial charge in [-0.3, -0.25) is 9.59 Å². The number of ether oxygens (including phenoxy) is 1. The normalized spacial score (nSPS) is 12.4. The second-order valence-electron chi connectivity index (χ2n) is 24.2. The molecule has 0 aromatic heterocycles. The standard InChI is InChI=1S/C69H137NO5/c1-3-5-7-9-11-13-15-17-19-20-28-31-34-37-41-45-49-53-57-61-67(72)66(65-71)70-68(73)62-58-54-50-46-42-38-35-32-29-26-24-22-21-23-25-27-30-33-36-40-44-48-52-56-60-64-75-69(74)63-59-55-51-47-43-39-18-16-14-12-10-8-6-4-2/h66-67,71-72H,3-65H2,1-2H3,(H,70,73). The zero-order chi connectivity index (χ0) is 54.3. The van der Waals surface area contributed by atoms with E-state index in [1.54, 1.807) is 0 Å². The number of aliphatic hydroxyl groups excluding tert-OH is 2. The maximum Gasteiger partial charge on any atom is 0.305 e. The van der Waals surface area contributed by atoms with Gasteiger partial charge in [-0.15, -0.1) is 0 Å². The molecule has 2 unspecified atom stereocenters. The highest BCUT2D eigenvalue weighted by molar-refractivity contribution is 5.76. The van der Waals surface area contributed by atoms with E-state index in [1.165, 1.54) is 334 Å². The van der Waals surface area contributed by atoms with Crippen LogP contribution >= 0.6 is 0 Å². The van der Waals surface area contributed by atoms with Crippen molar-refractivity contribution in [3.8, 4) is 0 Å². The molecular formula is C69H137NO5. The number of hydrogen-bond acceptors (Lipinski definition) is 5. The second-order valence-corrected chi connectivity index (χ2v) is 24.2. The van der Waals surface area contributed by atoms with Crippen molar-refractivity contribution in [1.82, 2.24) is 5.32 Å². The predicted octanol–water partition coefficient (Wildman–Crippen LogP) is 22.2. The summed E-state index contributed by atoms with van der Waals surface area (Å²) in [4.78, 5) is 24.6. The molecule has 6 heteroatoms. The fourth-order valence-corrected chi connectivity index (χ4v) is 11.4. The van der Waals surface area contributed by atoms with Gasteiger partial charge in [-0.2, -0.15) is 0 Å². The first-order valence-electron chi connectivity index (χ1n) is 34.8.